The number of benzene rings is 2. The van der Waals surface area contributed by atoms with E-state index < -0.39 is 17.2 Å². The number of ether oxygens (including phenoxy) is 1. The first-order valence-corrected chi connectivity index (χ1v) is 12.6. The number of amides is 1. The van der Waals surface area contributed by atoms with Gasteiger partial charge < -0.3 is 10.1 Å². The predicted octanol–water partition coefficient (Wildman–Crippen LogP) is 5.99. The van der Waals surface area contributed by atoms with Gasteiger partial charge in [-0.25, -0.2) is 9.37 Å². The zero-order valence-electron chi connectivity index (χ0n) is 21.3. The Morgan fingerprint density at radius 1 is 1.03 bits per heavy atom. The van der Waals surface area contributed by atoms with E-state index >= 15 is 0 Å². The second-order valence-corrected chi connectivity index (χ2v) is 9.64. The zero-order chi connectivity index (χ0) is 27.1. The summed E-state index contributed by atoms with van der Waals surface area (Å²) in [5.74, 6) is -0.101. The van der Waals surface area contributed by atoms with Crippen LogP contribution >= 0.6 is 0 Å². The number of anilines is 1. The molecule has 1 aliphatic carbocycles. The molecule has 0 unspecified atom stereocenters. The van der Waals surface area contributed by atoms with Gasteiger partial charge >= 0.3 is 0 Å². The number of pyridine rings is 2. The van der Waals surface area contributed by atoms with Crippen LogP contribution in [-0.4, -0.2) is 25.7 Å². The van der Waals surface area contributed by atoms with Crippen LogP contribution in [0.25, 0.3) is 22.0 Å². The summed E-state index contributed by atoms with van der Waals surface area (Å²) in [6.07, 6.45) is 6.59. The fourth-order valence-electron chi connectivity index (χ4n) is 4.30. The highest BCUT2D eigenvalue weighted by atomic mass is 19.1. The molecular formula is C30H24FN5O3. The van der Waals surface area contributed by atoms with Crippen LogP contribution in [0.5, 0.6) is 11.6 Å². The summed E-state index contributed by atoms with van der Waals surface area (Å²) >= 11 is 0. The van der Waals surface area contributed by atoms with E-state index in [9.17, 15) is 14.0 Å². The lowest BCUT2D eigenvalue weighted by atomic mass is 10.1. The molecule has 1 fully saturated rings. The lowest BCUT2D eigenvalue weighted by Crippen LogP contribution is -2.27. The number of nitrogens with one attached hydrogen (secondary N) is 1. The van der Waals surface area contributed by atoms with Crippen LogP contribution in [0, 0.1) is 19.7 Å². The normalized spacial score (nSPS) is 12.9. The van der Waals surface area contributed by atoms with Gasteiger partial charge in [0.25, 0.3) is 5.91 Å². The van der Waals surface area contributed by atoms with Crippen LogP contribution in [0.1, 0.15) is 40.5 Å². The highest BCUT2D eigenvalue weighted by Crippen LogP contribution is 2.34. The average Bonchev–Trinajstić information content (AvgIpc) is 3.77. The van der Waals surface area contributed by atoms with E-state index in [1.54, 1.807) is 35.3 Å². The van der Waals surface area contributed by atoms with Crippen LogP contribution < -0.4 is 15.5 Å². The Labute approximate surface area is 223 Å². The average molecular weight is 522 g/mol. The number of nitrogens with zero attached hydrogens (tertiary/aromatic N) is 4. The lowest BCUT2D eigenvalue weighted by Gasteiger charge is -2.12. The summed E-state index contributed by atoms with van der Waals surface area (Å²) in [4.78, 5) is 35.1. The molecule has 2 aromatic carbocycles. The van der Waals surface area contributed by atoms with E-state index in [4.69, 9.17) is 4.74 Å². The molecule has 0 radical (unpaired) electrons. The van der Waals surface area contributed by atoms with Crippen LogP contribution in [0.3, 0.4) is 0 Å². The molecule has 1 saturated carbocycles. The molecule has 5 aromatic rings. The minimum absolute atomic E-state index is 0.131. The third-order valence-electron chi connectivity index (χ3n) is 6.75. The van der Waals surface area contributed by atoms with Crippen LogP contribution in [0.2, 0.25) is 0 Å². The van der Waals surface area contributed by atoms with Crippen molar-refractivity contribution in [1.82, 2.24) is 19.7 Å². The molecule has 1 amide bonds. The molecule has 194 valence electrons. The van der Waals surface area contributed by atoms with E-state index in [-0.39, 0.29) is 11.7 Å². The molecule has 3 heterocycles. The molecule has 1 N–H and O–H groups in total. The van der Waals surface area contributed by atoms with Crippen molar-refractivity contribution in [2.75, 3.05) is 5.32 Å². The van der Waals surface area contributed by atoms with E-state index in [0.29, 0.717) is 28.4 Å². The zero-order valence-corrected chi connectivity index (χ0v) is 21.3. The quantitative estimate of drug-likeness (QED) is 0.295. The van der Waals surface area contributed by atoms with Crippen molar-refractivity contribution in [2.45, 2.75) is 32.7 Å². The molecule has 3 aromatic heterocycles. The van der Waals surface area contributed by atoms with Crippen LogP contribution in [0.15, 0.2) is 78.0 Å². The number of fused-ring (bicyclic) bond motifs is 1. The summed E-state index contributed by atoms with van der Waals surface area (Å²) in [5.41, 5.74) is 3.52. The largest absolute Gasteiger partial charge is 0.438 e. The van der Waals surface area contributed by atoms with E-state index in [1.807, 2.05) is 26.0 Å². The number of carbonyl (C=O) groups excluding carboxylic acids is 1. The molecular weight excluding hydrogens is 497 g/mol. The van der Waals surface area contributed by atoms with Gasteiger partial charge in [0.2, 0.25) is 11.3 Å². The van der Waals surface area contributed by atoms with Gasteiger partial charge in [0, 0.05) is 29.4 Å². The maximum Gasteiger partial charge on any atom is 0.280 e. The van der Waals surface area contributed by atoms with E-state index in [0.717, 1.165) is 34.9 Å². The van der Waals surface area contributed by atoms with Crippen molar-refractivity contribution in [2.24, 2.45) is 0 Å². The number of hydrogen-bond acceptors (Lipinski definition) is 6. The third kappa shape index (κ3) is 4.98. The number of aryl methyl sites for hydroxylation is 2. The first-order chi connectivity index (χ1) is 18.9. The summed E-state index contributed by atoms with van der Waals surface area (Å²) in [7, 11) is 0. The SMILES string of the molecule is Cc1cc2nccc(Oc3ccc(NC(=O)c4nn(C5CC5)cc(-c5ccc(F)cc5)c4=O)cn3)c2cc1C. The molecule has 0 spiro atoms. The number of hydrogen-bond donors (Lipinski definition) is 1. The molecule has 0 atom stereocenters. The van der Waals surface area contributed by atoms with E-state index in [2.05, 4.69) is 20.4 Å². The van der Waals surface area contributed by atoms with Gasteiger partial charge in [0.15, 0.2) is 5.69 Å². The van der Waals surface area contributed by atoms with Crippen molar-refractivity contribution >= 4 is 22.5 Å². The maximum atomic E-state index is 13.4. The van der Waals surface area contributed by atoms with Gasteiger partial charge in [0.1, 0.15) is 11.6 Å². The Morgan fingerprint density at radius 3 is 2.51 bits per heavy atom. The molecule has 0 saturated heterocycles. The molecule has 6 rings (SSSR count). The lowest BCUT2D eigenvalue weighted by molar-refractivity contribution is 0.101. The summed E-state index contributed by atoms with van der Waals surface area (Å²) in [6, 6.07) is 14.8. The summed E-state index contributed by atoms with van der Waals surface area (Å²) < 4.78 is 21.1. The fourth-order valence-corrected chi connectivity index (χ4v) is 4.30. The van der Waals surface area contributed by atoms with Crippen molar-refractivity contribution < 1.29 is 13.9 Å². The van der Waals surface area contributed by atoms with Gasteiger partial charge in [0.05, 0.1) is 23.4 Å². The molecule has 0 aliphatic heterocycles. The Bertz CT molecular complexity index is 1780. The minimum atomic E-state index is -0.653. The number of aromatic nitrogens is 4. The maximum absolute atomic E-state index is 13.4. The molecule has 8 nitrogen and oxygen atoms in total. The molecule has 1 aliphatic rings. The van der Waals surface area contributed by atoms with Gasteiger partial charge in [-0.05, 0) is 79.8 Å². The fraction of sp³-hybridized carbons (Fsp3) is 0.167. The molecule has 39 heavy (non-hydrogen) atoms. The van der Waals surface area contributed by atoms with Crippen molar-refractivity contribution in [1.29, 1.82) is 0 Å². The second kappa shape index (κ2) is 9.75. The van der Waals surface area contributed by atoms with Gasteiger partial charge in [-0.3, -0.25) is 19.3 Å². The van der Waals surface area contributed by atoms with Crippen molar-refractivity contribution in [3.8, 4) is 22.8 Å². The molecule has 9 heteroatoms. The molecule has 0 bridgehead atoms. The van der Waals surface area contributed by atoms with Crippen LogP contribution in [0.4, 0.5) is 10.1 Å². The summed E-state index contributed by atoms with van der Waals surface area (Å²) in [5, 5.41) is 7.90. The van der Waals surface area contributed by atoms with Gasteiger partial charge in [-0.1, -0.05) is 12.1 Å². The smallest absolute Gasteiger partial charge is 0.280 e. The van der Waals surface area contributed by atoms with E-state index in [1.165, 1.54) is 30.5 Å². The van der Waals surface area contributed by atoms with Crippen molar-refractivity contribution in [3.63, 3.8) is 0 Å². The Hall–Kier alpha value is -4.92. The first-order valence-electron chi connectivity index (χ1n) is 12.6. The van der Waals surface area contributed by atoms with Gasteiger partial charge in [-0.15, -0.1) is 0 Å². The first kappa shape index (κ1) is 24.4. The van der Waals surface area contributed by atoms with Crippen molar-refractivity contribution in [3.05, 3.63) is 106 Å². The number of carbonyl (C=O) groups is 1. The number of halogens is 1. The highest BCUT2D eigenvalue weighted by Gasteiger charge is 2.27. The Morgan fingerprint density at radius 2 is 1.79 bits per heavy atom. The minimum Gasteiger partial charge on any atom is -0.438 e. The highest BCUT2D eigenvalue weighted by molar-refractivity contribution is 6.03. The topological polar surface area (TPSA) is 99.0 Å². The van der Waals surface area contributed by atoms with Gasteiger partial charge in [-0.2, -0.15) is 5.10 Å². The third-order valence-corrected chi connectivity index (χ3v) is 6.75. The van der Waals surface area contributed by atoms with Crippen LogP contribution in [-0.2, 0) is 0 Å². The predicted molar refractivity (Wildman–Crippen MR) is 146 cm³/mol. The summed E-state index contributed by atoms with van der Waals surface area (Å²) in [6.45, 7) is 4.07. The Balaban J connectivity index is 1.24. The standard InChI is InChI=1S/C30H24FN5O3/c1-17-13-23-25(14-18(17)2)32-12-11-26(23)39-27-10-7-21(15-33-27)34-30(38)28-29(37)24(16-36(35-28)22-8-9-22)19-3-5-20(31)6-4-19/h3-7,10-16,22H,8-9H2,1-2H3,(H,34,38). The number of rotatable bonds is 6. The second-order valence-electron chi connectivity index (χ2n) is 9.64. The Kier molecular flexibility index (Phi) is 6.11. The monoisotopic (exact) mass is 521 g/mol.